The van der Waals surface area contributed by atoms with E-state index in [9.17, 15) is 9.59 Å². The molecule has 4 aromatic rings. The Morgan fingerprint density at radius 3 is 1.69 bits per heavy atom. The van der Waals surface area contributed by atoms with Crippen LogP contribution in [0.5, 0.6) is 11.5 Å². The van der Waals surface area contributed by atoms with Crippen molar-refractivity contribution in [3.63, 3.8) is 0 Å². The lowest BCUT2D eigenvalue weighted by molar-refractivity contribution is -0.132. The summed E-state index contributed by atoms with van der Waals surface area (Å²) in [5, 5.41) is 1.20. The van der Waals surface area contributed by atoms with Crippen molar-refractivity contribution in [2.45, 2.75) is 6.54 Å². The zero-order valence-corrected chi connectivity index (χ0v) is 29.3. The smallest absolute Gasteiger partial charge is 0.242 e. The summed E-state index contributed by atoms with van der Waals surface area (Å²) < 4.78 is 12.4. The Morgan fingerprint density at radius 1 is 0.708 bits per heavy atom. The Kier molecular flexibility index (Phi) is 12.3. The number of anilines is 2. The van der Waals surface area contributed by atoms with Crippen LogP contribution < -0.4 is 19.3 Å². The maximum Gasteiger partial charge on any atom is 0.242 e. The van der Waals surface area contributed by atoms with Gasteiger partial charge in [0, 0.05) is 93.8 Å². The molecule has 2 aliphatic rings. The Labute approximate surface area is 296 Å². The van der Waals surface area contributed by atoms with Gasteiger partial charge in [0.25, 0.3) is 0 Å². The maximum atomic E-state index is 12.9. The highest BCUT2D eigenvalue weighted by Gasteiger charge is 2.23. The van der Waals surface area contributed by atoms with E-state index in [1.165, 1.54) is 0 Å². The minimum atomic E-state index is -0.00463. The van der Waals surface area contributed by atoms with E-state index in [0.717, 1.165) is 48.9 Å². The number of alkyl halides is 1. The average Bonchev–Trinajstić information content (AvgIpc) is 3.60. The molecule has 2 aliphatic heterocycles. The van der Waals surface area contributed by atoms with Gasteiger partial charge < -0.3 is 33.6 Å². The van der Waals surface area contributed by atoms with E-state index in [-0.39, 0.29) is 17.7 Å². The number of imidazole rings is 1. The Bertz CT molecular complexity index is 1670. The molecular formula is C35H39Cl3N6O4. The molecule has 0 aliphatic carbocycles. The highest BCUT2D eigenvalue weighted by molar-refractivity contribution is 6.32. The van der Waals surface area contributed by atoms with Gasteiger partial charge >= 0.3 is 0 Å². The fourth-order valence-corrected chi connectivity index (χ4v) is 6.29. The summed E-state index contributed by atoms with van der Waals surface area (Å²) in [7, 11) is 3.21. The van der Waals surface area contributed by atoms with Crippen molar-refractivity contribution in [3.05, 3.63) is 89.2 Å². The van der Waals surface area contributed by atoms with E-state index < -0.39 is 0 Å². The van der Waals surface area contributed by atoms with Crippen LogP contribution in [0.25, 0.3) is 11.4 Å². The summed E-state index contributed by atoms with van der Waals surface area (Å²) in [4.78, 5) is 36.9. The van der Waals surface area contributed by atoms with Crippen molar-refractivity contribution >= 4 is 58.0 Å². The Morgan fingerprint density at radius 2 is 1.21 bits per heavy atom. The third-order valence-electron chi connectivity index (χ3n) is 8.43. The standard InChI is InChI=1S/C22H23ClN4O2.C13H16Cl2N2O2/c1-29-20-15-18(7-8-19(20)23)25-11-13-26(14-12-25)21(28)16-27-10-9-24-22(27)17-5-3-2-4-6-17;1-19-12-8-10(2-3-11(12)15)16-4-6-17(7-5-16)13(18)9-14/h2-10,15H,11-14,16H2,1H3;2-3,8H,4-7,9H2,1H3. The second kappa shape index (κ2) is 16.8. The molecule has 254 valence electrons. The maximum absolute atomic E-state index is 12.9. The molecule has 0 radical (unpaired) electrons. The van der Waals surface area contributed by atoms with Gasteiger partial charge in [0.05, 0.1) is 24.3 Å². The number of rotatable bonds is 8. The average molecular weight is 714 g/mol. The van der Waals surface area contributed by atoms with Gasteiger partial charge in [-0.3, -0.25) is 9.59 Å². The summed E-state index contributed by atoms with van der Waals surface area (Å²) in [5.74, 6) is 2.29. The largest absolute Gasteiger partial charge is 0.495 e. The summed E-state index contributed by atoms with van der Waals surface area (Å²) >= 11 is 17.7. The van der Waals surface area contributed by atoms with Crippen LogP contribution in [0.1, 0.15) is 0 Å². The van der Waals surface area contributed by atoms with E-state index in [1.807, 2.05) is 82.4 Å². The number of nitrogens with zero attached hydrogens (tertiary/aromatic N) is 6. The van der Waals surface area contributed by atoms with Gasteiger partial charge in [0.2, 0.25) is 11.8 Å². The van der Waals surface area contributed by atoms with Crippen molar-refractivity contribution in [1.82, 2.24) is 19.4 Å². The first-order valence-electron chi connectivity index (χ1n) is 15.7. The number of carbonyl (C=O) groups excluding carboxylic acids is 2. The van der Waals surface area contributed by atoms with Crippen LogP contribution in [0, 0.1) is 0 Å². The number of ether oxygens (including phenoxy) is 2. The first kappa shape index (κ1) is 35.2. The van der Waals surface area contributed by atoms with Crippen molar-refractivity contribution in [2.24, 2.45) is 0 Å². The summed E-state index contributed by atoms with van der Waals surface area (Å²) in [6, 6.07) is 21.4. The van der Waals surface area contributed by atoms with Gasteiger partial charge in [0.15, 0.2) is 0 Å². The molecule has 6 rings (SSSR count). The highest BCUT2D eigenvalue weighted by atomic mass is 35.5. The van der Waals surface area contributed by atoms with Gasteiger partial charge in [-0.2, -0.15) is 0 Å². The van der Waals surface area contributed by atoms with Crippen LogP contribution in [-0.4, -0.2) is 104 Å². The normalized spacial score (nSPS) is 14.7. The predicted molar refractivity (Wildman–Crippen MR) is 192 cm³/mol. The third kappa shape index (κ3) is 8.66. The van der Waals surface area contributed by atoms with Crippen LogP contribution in [0.3, 0.4) is 0 Å². The molecule has 3 aromatic carbocycles. The third-order valence-corrected chi connectivity index (χ3v) is 9.28. The minimum absolute atomic E-state index is 0.00463. The van der Waals surface area contributed by atoms with E-state index >= 15 is 0 Å². The van der Waals surface area contributed by atoms with Gasteiger partial charge in [-0.15, -0.1) is 11.6 Å². The number of piperazine rings is 2. The van der Waals surface area contributed by atoms with E-state index in [1.54, 1.807) is 25.3 Å². The molecule has 2 amide bonds. The van der Waals surface area contributed by atoms with Crippen LogP contribution >= 0.6 is 34.8 Å². The number of halogens is 3. The lowest BCUT2D eigenvalue weighted by Gasteiger charge is -2.36. The number of hydrogen-bond acceptors (Lipinski definition) is 7. The van der Waals surface area contributed by atoms with Crippen molar-refractivity contribution in [2.75, 3.05) is 82.3 Å². The van der Waals surface area contributed by atoms with Gasteiger partial charge in [-0.25, -0.2) is 4.98 Å². The van der Waals surface area contributed by atoms with E-state index in [2.05, 4.69) is 14.8 Å². The molecule has 2 fully saturated rings. The number of hydrogen-bond donors (Lipinski definition) is 0. The summed E-state index contributed by atoms with van der Waals surface area (Å²) in [6.45, 7) is 6.14. The molecule has 10 nitrogen and oxygen atoms in total. The molecule has 0 saturated carbocycles. The lowest BCUT2D eigenvalue weighted by atomic mass is 10.2. The first-order chi connectivity index (χ1) is 23.3. The zero-order chi connectivity index (χ0) is 34.0. The SMILES string of the molecule is COc1cc(N2CCN(C(=O)CCl)CC2)ccc1Cl.COc1cc(N2CCN(C(=O)Cn3ccnc3-c3ccccc3)CC2)ccc1Cl. The van der Waals surface area contributed by atoms with Gasteiger partial charge in [-0.1, -0.05) is 53.5 Å². The van der Waals surface area contributed by atoms with Crippen LogP contribution in [0.15, 0.2) is 79.1 Å². The molecule has 0 spiro atoms. The molecule has 1 aromatic heterocycles. The summed E-state index contributed by atoms with van der Waals surface area (Å²) in [6.07, 6.45) is 3.60. The zero-order valence-electron chi connectivity index (χ0n) is 27.0. The summed E-state index contributed by atoms with van der Waals surface area (Å²) in [5.41, 5.74) is 3.12. The van der Waals surface area contributed by atoms with Crippen LogP contribution in [-0.2, 0) is 16.1 Å². The minimum Gasteiger partial charge on any atom is -0.495 e. The fraction of sp³-hybridized carbons (Fsp3) is 0.343. The van der Waals surface area contributed by atoms with E-state index in [0.29, 0.717) is 54.3 Å². The second-order valence-corrected chi connectivity index (χ2v) is 12.3. The molecule has 2 saturated heterocycles. The quantitative estimate of drug-likeness (QED) is 0.214. The number of carbonyl (C=O) groups is 2. The molecule has 48 heavy (non-hydrogen) atoms. The Hall–Kier alpha value is -4.12. The molecule has 13 heteroatoms. The number of methoxy groups -OCH3 is 2. The van der Waals surface area contributed by atoms with Gasteiger partial charge in [0.1, 0.15) is 29.7 Å². The van der Waals surface area contributed by atoms with Crippen LogP contribution in [0.2, 0.25) is 10.0 Å². The fourth-order valence-electron chi connectivity index (χ4n) is 5.73. The molecule has 0 atom stereocenters. The lowest BCUT2D eigenvalue weighted by Crippen LogP contribution is -2.49. The molecular weight excluding hydrogens is 675 g/mol. The molecule has 0 unspecified atom stereocenters. The second-order valence-electron chi connectivity index (χ2n) is 11.3. The number of benzene rings is 3. The van der Waals surface area contributed by atoms with E-state index in [4.69, 9.17) is 44.3 Å². The number of amides is 2. The first-order valence-corrected chi connectivity index (χ1v) is 16.9. The van der Waals surface area contributed by atoms with Crippen LogP contribution in [0.4, 0.5) is 11.4 Å². The van der Waals surface area contributed by atoms with Crippen molar-refractivity contribution in [3.8, 4) is 22.9 Å². The Balaban J connectivity index is 0.000000206. The monoisotopic (exact) mass is 712 g/mol. The van der Waals surface area contributed by atoms with Gasteiger partial charge in [-0.05, 0) is 24.3 Å². The number of aromatic nitrogens is 2. The van der Waals surface area contributed by atoms with Crippen molar-refractivity contribution in [1.29, 1.82) is 0 Å². The molecule has 3 heterocycles. The van der Waals surface area contributed by atoms with Crippen molar-refractivity contribution < 1.29 is 19.1 Å². The molecule has 0 bridgehead atoms. The topological polar surface area (TPSA) is 83.4 Å². The molecule has 0 N–H and O–H groups in total. The predicted octanol–water partition coefficient (Wildman–Crippen LogP) is 5.80. The highest BCUT2D eigenvalue weighted by Crippen LogP contribution is 2.31.